The van der Waals surface area contributed by atoms with E-state index in [1.807, 2.05) is 6.07 Å². The van der Waals surface area contributed by atoms with Gasteiger partial charge < -0.3 is 9.47 Å². The Bertz CT molecular complexity index is 1120. The van der Waals surface area contributed by atoms with Gasteiger partial charge in [-0.25, -0.2) is 0 Å². The zero-order valence-electron chi connectivity index (χ0n) is 20.5. The van der Waals surface area contributed by atoms with Crippen LogP contribution in [0.25, 0.3) is 16.7 Å². The Morgan fingerprint density at radius 3 is 2.25 bits per heavy atom. The molecule has 0 N–H and O–H groups in total. The number of benzene rings is 2. The number of hydrogen-bond donors (Lipinski definition) is 0. The summed E-state index contributed by atoms with van der Waals surface area (Å²) in [6.07, 6.45) is 4.36. The minimum absolute atomic E-state index is 0.0160. The Hall–Kier alpha value is -2.55. The summed E-state index contributed by atoms with van der Waals surface area (Å²) in [6, 6.07) is 13.5. The predicted octanol–water partition coefficient (Wildman–Crippen LogP) is 6.94. The van der Waals surface area contributed by atoms with Gasteiger partial charge in [0.05, 0.1) is 20.3 Å². The lowest BCUT2D eigenvalue weighted by Crippen LogP contribution is -2.50. The highest BCUT2D eigenvalue weighted by atomic mass is 16.5. The van der Waals surface area contributed by atoms with Gasteiger partial charge in [0.1, 0.15) is 11.5 Å². The van der Waals surface area contributed by atoms with Crippen LogP contribution in [0.5, 0.6) is 11.5 Å². The van der Waals surface area contributed by atoms with E-state index in [0.717, 1.165) is 29.9 Å². The third-order valence-electron chi connectivity index (χ3n) is 8.60. The predicted molar refractivity (Wildman–Crippen MR) is 133 cm³/mol. The average molecular weight is 430 g/mol. The molecule has 0 spiro atoms. The average Bonchev–Trinajstić information content (AvgIpc) is 3.01. The normalized spacial score (nSPS) is 29.9. The molecular formula is C29H35NO2. The number of allylic oxidation sites excluding steroid dienone is 1. The van der Waals surface area contributed by atoms with Crippen LogP contribution in [-0.2, 0) is 5.41 Å². The number of nitrogens with zero attached hydrogens (tertiary/aromatic N) is 1. The molecule has 1 heterocycles. The van der Waals surface area contributed by atoms with E-state index in [2.05, 4.69) is 71.2 Å². The van der Waals surface area contributed by atoms with Crippen LogP contribution in [0.3, 0.4) is 0 Å². The highest BCUT2D eigenvalue weighted by Crippen LogP contribution is 2.63. The molecule has 3 nitrogen and oxygen atoms in total. The van der Waals surface area contributed by atoms with Gasteiger partial charge in [-0.2, -0.15) is 0 Å². The maximum Gasteiger partial charge on any atom is 0.123 e. The quantitative estimate of drug-likeness (QED) is 0.529. The van der Waals surface area contributed by atoms with Gasteiger partial charge in [-0.15, -0.1) is 0 Å². The second-order valence-corrected chi connectivity index (χ2v) is 10.7. The first-order chi connectivity index (χ1) is 15.2. The van der Waals surface area contributed by atoms with Crippen molar-refractivity contribution in [1.29, 1.82) is 0 Å². The van der Waals surface area contributed by atoms with Gasteiger partial charge >= 0.3 is 0 Å². The molecule has 2 aliphatic carbocycles. The van der Waals surface area contributed by atoms with Gasteiger partial charge in [0.25, 0.3) is 0 Å². The van der Waals surface area contributed by atoms with Gasteiger partial charge in [0.2, 0.25) is 0 Å². The monoisotopic (exact) mass is 429 g/mol. The summed E-state index contributed by atoms with van der Waals surface area (Å²) >= 11 is 0. The van der Waals surface area contributed by atoms with E-state index < -0.39 is 0 Å². The van der Waals surface area contributed by atoms with Crippen molar-refractivity contribution in [2.75, 3.05) is 14.2 Å². The number of hydrogen-bond acceptors (Lipinski definition) is 3. The Labute approximate surface area is 192 Å². The summed E-state index contributed by atoms with van der Waals surface area (Å²) < 4.78 is 11.0. The largest absolute Gasteiger partial charge is 0.497 e. The zero-order valence-corrected chi connectivity index (χ0v) is 20.5. The Kier molecular flexibility index (Phi) is 4.81. The molecule has 4 unspecified atom stereocenters. The molecule has 2 aromatic carbocycles. The Morgan fingerprint density at radius 2 is 1.59 bits per heavy atom. The van der Waals surface area contributed by atoms with Crippen LogP contribution in [0.4, 0.5) is 0 Å². The third-order valence-corrected chi connectivity index (χ3v) is 8.60. The highest BCUT2D eigenvalue weighted by molar-refractivity contribution is 5.85. The van der Waals surface area contributed by atoms with Gasteiger partial charge in [0.15, 0.2) is 0 Å². The van der Waals surface area contributed by atoms with Crippen LogP contribution < -0.4 is 9.47 Å². The summed E-state index contributed by atoms with van der Waals surface area (Å²) in [5, 5.41) is 0. The van der Waals surface area contributed by atoms with Crippen molar-refractivity contribution in [1.82, 2.24) is 0 Å². The maximum absolute atomic E-state index is 5.52. The van der Waals surface area contributed by atoms with E-state index in [1.165, 1.54) is 16.7 Å². The molecule has 0 fully saturated rings. The van der Waals surface area contributed by atoms with E-state index in [1.54, 1.807) is 25.4 Å². The lowest BCUT2D eigenvalue weighted by atomic mass is 9.53. The Balaban J connectivity index is 1.66. The van der Waals surface area contributed by atoms with Crippen molar-refractivity contribution in [3.05, 3.63) is 53.1 Å². The molecule has 0 saturated heterocycles. The number of fused-ring (bicyclic) bond motifs is 4. The van der Waals surface area contributed by atoms with Crippen molar-refractivity contribution in [3.63, 3.8) is 0 Å². The molecule has 0 amide bonds. The first-order valence-electron chi connectivity index (χ1n) is 11.9. The fourth-order valence-electron chi connectivity index (χ4n) is 6.92. The van der Waals surface area contributed by atoms with Crippen molar-refractivity contribution in [2.24, 2.45) is 22.2 Å². The number of ether oxygens (including phenoxy) is 2. The number of aliphatic imine (C=N–C) groups is 1. The standard InChI is InChI=1S/C29H35NO2/c1-17-12-24-23-9-8-19(20-13-21(31-6)16-22(14-20)32-7)15-25(23)28(3,4)26(24)29(5)18(2)10-11-30-27(17)29/h8-9,11,13-18,27H,10,12H2,1-7H3. The van der Waals surface area contributed by atoms with Crippen LogP contribution in [0.15, 0.2) is 47.0 Å². The van der Waals surface area contributed by atoms with Crippen molar-refractivity contribution < 1.29 is 9.47 Å². The topological polar surface area (TPSA) is 30.8 Å². The molecule has 0 aromatic heterocycles. The smallest absolute Gasteiger partial charge is 0.123 e. The lowest BCUT2D eigenvalue weighted by Gasteiger charge is -2.53. The van der Waals surface area contributed by atoms with Gasteiger partial charge in [-0.05, 0) is 82.5 Å². The van der Waals surface area contributed by atoms with E-state index in [9.17, 15) is 0 Å². The van der Waals surface area contributed by atoms with E-state index in [0.29, 0.717) is 17.9 Å². The number of methoxy groups -OCH3 is 2. The van der Waals surface area contributed by atoms with E-state index >= 15 is 0 Å². The van der Waals surface area contributed by atoms with Crippen LogP contribution in [0.2, 0.25) is 0 Å². The van der Waals surface area contributed by atoms with Crippen molar-refractivity contribution in [2.45, 2.75) is 58.9 Å². The fraction of sp³-hybridized carbons (Fsp3) is 0.483. The molecule has 3 heteroatoms. The second kappa shape index (κ2) is 7.23. The van der Waals surface area contributed by atoms with Gasteiger partial charge in [-0.1, -0.05) is 46.8 Å². The molecule has 3 aliphatic rings. The molecular weight excluding hydrogens is 394 g/mol. The van der Waals surface area contributed by atoms with Crippen LogP contribution in [0, 0.1) is 17.3 Å². The van der Waals surface area contributed by atoms with Gasteiger partial charge in [0, 0.05) is 16.9 Å². The summed E-state index contributed by atoms with van der Waals surface area (Å²) in [5.74, 6) is 2.78. The fourth-order valence-corrected chi connectivity index (χ4v) is 6.92. The summed E-state index contributed by atoms with van der Waals surface area (Å²) in [7, 11) is 3.41. The molecule has 1 aliphatic heterocycles. The SMILES string of the molecule is COc1cc(OC)cc(-c2ccc3c(c2)C(C)(C)C2=C3CC(C)C3N=CCC(C)C23C)c1. The maximum atomic E-state index is 5.52. The summed E-state index contributed by atoms with van der Waals surface area (Å²) in [5.41, 5.74) is 8.51. The first kappa shape index (κ1) is 21.3. The highest BCUT2D eigenvalue weighted by Gasteiger charge is 2.56. The van der Waals surface area contributed by atoms with E-state index in [4.69, 9.17) is 14.5 Å². The van der Waals surface area contributed by atoms with Crippen molar-refractivity contribution >= 4 is 11.8 Å². The summed E-state index contributed by atoms with van der Waals surface area (Å²) in [4.78, 5) is 5.06. The minimum Gasteiger partial charge on any atom is -0.497 e. The molecule has 5 rings (SSSR count). The minimum atomic E-state index is -0.0160. The zero-order chi connectivity index (χ0) is 22.8. The molecule has 0 saturated carbocycles. The first-order valence-corrected chi connectivity index (χ1v) is 11.9. The van der Waals surface area contributed by atoms with Crippen molar-refractivity contribution in [3.8, 4) is 22.6 Å². The molecule has 32 heavy (non-hydrogen) atoms. The molecule has 168 valence electrons. The number of rotatable bonds is 3. The third kappa shape index (κ3) is 2.82. The van der Waals surface area contributed by atoms with E-state index in [-0.39, 0.29) is 10.8 Å². The van der Waals surface area contributed by atoms with Crippen LogP contribution in [0.1, 0.15) is 58.6 Å². The van der Waals surface area contributed by atoms with Gasteiger partial charge in [-0.3, -0.25) is 4.99 Å². The molecule has 0 radical (unpaired) electrons. The summed E-state index contributed by atoms with van der Waals surface area (Å²) in [6.45, 7) is 12.2. The Morgan fingerprint density at radius 1 is 0.906 bits per heavy atom. The van der Waals surface area contributed by atoms with Crippen LogP contribution >= 0.6 is 0 Å². The molecule has 0 bridgehead atoms. The van der Waals surface area contributed by atoms with Crippen LogP contribution in [-0.4, -0.2) is 26.5 Å². The lowest BCUT2D eigenvalue weighted by molar-refractivity contribution is 0.134. The molecule has 2 aromatic rings. The second-order valence-electron chi connectivity index (χ2n) is 10.7. The molecule has 4 atom stereocenters.